The first-order chi connectivity index (χ1) is 12.0. The molecule has 9 heteroatoms. The number of benzene rings is 2. The van der Waals surface area contributed by atoms with Crippen LogP contribution in [0.4, 0.5) is 10.1 Å². The fourth-order valence-electron chi connectivity index (χ4n) is 2.35. The third-order valence-corrected chi connectivity index (χ3v) is 4.69. The maximum absolute atomic E-state index is 13.5. The van der Waals surface area contributed by atoms with E-state index in [4.69, 9.17) is 51.5 Å². The van der Waals surface area contributed by atoms with E-state index in [1.54, 1.807) is 6.07 Å². The molecule has 2 rings (SSSR count). The molecule has 0 heterocycles. The Morgan fingerprint density at radius 2 is 1.77 bits per heavy atom. The predicted molar refractivity (Wildman–Crippen MR) is 101 cm³/mol. The van der Waals surface area contributed by atoms with Crippen LogP contribution in [-0.4, -0.2) is 21.3 Å². The summed E-state index contributed by atoms with van der Waals surface area (Å²) in [6.45, 7) is 1.43. The SMILES string of the molecule is CC(Cl)(Cl)[C@H](C(=O)Nc1ccc(F)c(C(=O)O)c1)c1ccc(Cl)c(Cl)c1. The lowest BCUT2D eigenvalue weighted by molar-refractivity contribution is -0.117. The summed E-state index contributed by atoms with van der Waals surface area (Å²) < 4.78 is 12.0. The molecule has 0 aliphatic carbocycles. The van der Waals surface area contributed by atoms with Gasteiger partial charge in [-0.25, -0.2) is 9.18 Å². The zero-order chi connectivity index (χ0) is 19.6. The van der Waals surface area contributed by atoms with Crippen molar-refractivity contribution in [2.24, 2.45) is 0 Å². The van der Waals surface area contributed by atoms with Gasteiger partial charge in [0.2, 0.25) is 5.91 Å². The average molecular weight is 439 g/mol. The Kier molecular flexibility index (Phi) is 6.40. The van der Waals surface area contributed by atoms with E-state index >= 15 is 0 Å². The van der Waals surface area contributed by atoms with Crippen LogP contribution in [0.2, 0.25) is 10.0 Å². The third kappa shape index (κ3) is 4.80. The topological polar surface area (TPSA) is 66.4 Å². The molecule has 2 N–H and O–H groups in total. The molecule has 0 aromatic heterocycles. The Hall–Kier alpha value is -1.53. The van der Waals surface area contributed by atoms with Gasteiger partial charge in [-0.05, 0) is 42.8 Å². The number of carboxylic acid groups (broad SMARTS) is 1. The fraction of sp³-hybridized carbons (Fsp3) is 0.176. The van der Waals surface area contributed by atoms with E-state index in [9.17, 15) is 14.0 Å². The predicted octanol–water partition coefficient (Wildman–Crippen LogP) is 5.75. The summed E-state index contributed by atoms with van der Waals surface area (Å²) in [5, 5.41) is 12.0. The van der Waals surface area contributed by atoms with E-state index in [-0.39, 0.29) is 10.7 Å². The van der Waals surface area contributed by atoms with Gasteiger partial charge in [-0.1, -0.05) is 29.3 Å². The highest BCUT2D eigenvalue weighted by molar-refractivity contribution is 6.50. The van der Waals surface area contributed by atoms with Gasteiger partial charge in [0.15, 0.2) is 0 Å². The van der Waals surface area contributed by atoms with Crippen LogP contribution in [0.1, 0.15) is 28.8 Å². The number of aromatic carboxylic acids is 1. The lowest BCUT2D eigenvalue weighted by Crippen LogP contribution is -2.32. The minimum atomic E-state index is -1.52. The second-order valence-electron chi connectivity index (χ2n) is 5.55. The standard InChI is InChI=1S/C17H12Cl4FNO3/c1-17(20,21)14(8-2-4-11(18)12(19)6-8)15(24)23-9-3-5-13(22)10(7-9)16(25)26/h2-7,14H,1H3,(H,23,24)(H,25,26)/t14-/m0/s1. The molecule has 0 unspecified atom stereocenters. The molecule has 26 heavy (non-hydrogen) atoms. The molecule has 0 radical (unpaired) electrons. The molecule has 2 aromatic rings. The summed E-state index contributed by atoms with van der Waals surface area (Å²) in [5.41, 5.74) is -0.0881. The highest BCUT2D eigenvalue weighted by atomic mass is 35.5. The zero-order valence-electron chi connectivity index (χ0n) is 13.2. The number of anilines is 1. The third-order valence-electron chi connectivity index (χ3n) is 3.51. The number of amides is 1. The average Bonchev–Trinajstić information content (AvgIpc) is 2.51. The number of halogens is 5. The number of hydrogen-bond donors (Lipinski definition) is 2. The van der Waals surface area contributed by atoms with Gasteiger partial charge < -0.3 is 10.4 Å². The van der Waals surface area contributed by atoms with Crippen LogP contribution in [0.15, 0.2) is 36.4 Å². The minimum Gasteiger partial charge on any atom is -0.478 e. The van der Waals surface area contributed by atoms with Crippen molar-refractivity contribution in [1.29, 1.82) is 0 Å². The number of alkyl halides is 2. The second-order valence-corrected chi connectivity index (χ2v) is 8.13. The van der Waals surface area contributed by atoms with Crippen molar-refractivity contribution in [3.05, 3.63) is 63.4 Å². The van der Waals surface area contributed by atoms with Crippen molar-refractivity contribution < 1.29 is 19.1 Å². The molecular formula is C17H12Cl4FNO3. The Balaban J connectivity index is 2.38. The van der Waals surface area contributed by atoms with Crippen molar-refractivity contribution in [2.45, 2.75) is 17.2 Å². The maximum atomic E-state index is 13.5. The lowest BCUT2D eigenvalue weighted by Gasteiger charge is -2.26. The van der Waals surface area contributed by atoms with Crippen LogP contribution < -0.4 is 5.32 Å². The summed E-state index contributed by atoms with van der Waals surface area (Å²) in [4.78, 5) is 23.7. The molecule has 0 bridgehead atoms. The molecule has 0 saturated heterocycles. The van der Waals surface area contributed by atoms with Crippen molar-refractivity contribution in [1.82, 2.24) is 0 Å². The van der Waals surface area contributed by atoms with Crippen LogP contribution in [0.3, 0.4) is 0 Å². The van der Waals surface area contributed by atoms with Gasteiger partial charge in [-0.2, -0.15) is 0 Å². The van der Waals surface area contributed by atoms with Gasteiger partial charge in [-0.3, -0.25) is 4.79 Å². The lowest BCUT2D eigenvalue weighted by atomic mass is 9.94. The first kappa shape index (κ1) is 20.8. The fourth-order valence-corrected chi connectivity index (χ4v) is 3.10. The summed E-state index contributed by atoms with van der Waals surface area (Å²) in [6.07, 6.45) is 0. The second kappa shape index (κ2) is 8.01. The Bertz CT molecular complexity index is 868. The van der Waals surface area contributed by atoms with Crippen molar-refractivity contribution in [3.63, 3.8) is 0 Å². The van der Waals surface area contributed by atoms with Crippen molar-refractivity contribution in [2.75, 3.05) is 5.32 Å². The molecule has 4 nitrogen and oxygen atoms in total. The Labute approximate surface area is 168 Å². The Morgan fingerprint density at radius 3 is 2.31 bits per heavy atom. The smallest absolute Gasteiger partial charge is 0.338 e. The van der Waals surface area contributed by atoms with Gasteiger partial charge >= 0.3 is 5.97 Å². The molecule has 138 valence electrons. The molecule has 1 atom stereocenters. The van der Waals surface area contributed by atoms with Gasteiger partial charge in [0.25, 0.3) is 0 Å². The summed E-state index contributed by atoms with van der Waals surface area (Å²) in [7, 11) is 0. The summed E-state index contributed by atoms with van der Waals surface area (Å²) in [5.74, 6) is -4.06. The highest BCUT2D eigenvalue weighted by Crippen LogP contribution is 2.40. The van der Waals surface area contributed by atoms with Gasteiger partial charge in [0.05, 0.1) is 21.5 Å². The number of carbonyl (C=O) groups excluding carboxylic acids is 1. The molecule has 0 aliphatic rings. The molecule has 2 aromatic carbocycles. The van der Waals surface area contributed by atoms with E-state index in [0.717, 1.165) is 12.1 Å². The monoisotopic (exact) mass is 437 g/mol. The van der Waals surface area contributed by atoms with Crippen LogP contribution in [0, 0.1) is 5.82 Å². The molecule has 1 amide bonds. The van der Waals surface area contributed by atoms with Gasteiger partial charge in [0.1, 0.15) is 10.2 Å². The van der Waals surface area contributed by atoms with Crippen molar-refractivity contribution in [3.8, 4) is 0 Å². The van der Waals surface area contributed by atoms with E-state index in [0.29, 0.717) is 10.6 Å². The van der Waals surface area contributed by atoms with Gasteiger partial charge in [-0.15, -0.1) is 23.2 Å². The minimum absolute atomic E-state index is 0.0800. The van der Waals surface area contributed by atoms with E-state index in [2.05, 4.69) is 5.32 Å². The largest absolute Gasteiger partial charge is 0.478 e. The van der Waals surface area contributed by atoms with Crippen LogP contribution in [-0.2, 0) is 4.79 Å². The zero-order valence-corrected chi connectivity index (χ0v) is 16.2. The van der Waals surface area contributed by atoms with E-state index < -0.39 is 33.5 Å². The maximum Gasteiger partial charge on any atom is 0.338 e. The number of hydrogen-bond acceptors (Lipinski definition) is 2. The Morgan fingerprint density at radius 1 is 1.12 bits per heavy atom. The number of nitrogens with one attached hydrogen (secondary N) is 1. The highest BCUT2D eigenvalue weighted by Gasteiger charge is 2.37. The number of rotatable bonds is 5. The normalized spacial score (nSPS) is 12.5. The summed E-state index contributed by atoms with van der Waals surface area (Å²) >= 11 is 24.2. The number of carboxylic acids is 1. The van der Waals surface area contributed by atoms with E-state index in [1.165, 1.54) is 25.1 Å². The molecule has 0 aliphatic heterocycles. The van der Waals surface area contributed by atoms with Crippen LogP contribution in [0.5, 0.6) is 0 Å². The molecule has 0 fully saturated rings. The van der Waals surface area contributed by atoms with Gasteiger partial charge in [0, 0.05) is 5.69 Å². The first-order valence-electron chi connectivity index (χ1n) is 7.17. The van der Waals surface area contributed by atoms with Crippen LogP contribution >= 0.6 is 46.4 Å². The van der Waals surface area contributed by atoms with E-state index in [1.807, 2.05) is 0 Å². The molecule has 0 saturated carbocycles. The number of carbonyl (C=O) groups is 2. The molecular weight excluding hydrogens is 427 g/mol. The van der Waals surface area contributed by atoms with Crippen LogP contribution in [0.25, 0.3) is 0 Å². The first-order valence-corrected chi connectivity index (χ1v) is 8.68. The quantitative estimate of drug-likeness (QED) is 0.584. The van der Waals surface area contributed by atoms with Crippen molar-refractivity contribution >= 4 is 64.0 Å². The molecule has 0 spiro atoms. The summed E-state index contributed by atoms with van der Waals surface area (Å²) in [6, 6.07) is 7.68.